The first kappa shape index (κ1) is 17.0. The van der Waals surface area contributed by atoms with Crippen LogP contribution in [-0.2, 0) is 16.1 Å². The maximum atomic E-state index is 12.5. The maximum Gasteiger partial charge on any atom is 0.249 e. The zero-order chi connectivity index (χ0) is 16.9. The lowest BCUT2D eigenvalue weighted by atomic mass is 10.1. The molecule has 2 aliphatic heterocycles. The van der Waals surface area contributed by atoms with E-state index in [-0.39, 0.29) is 18.6 Å². The third-order valence-corrected chi connectivity index (χ3v) is 4.72. The van der Waals surface area contributed by atoms with Crippen molar-refractivity contribution in [1.29, 1.82) is 0 Å². The fourth-order valence-electron chi connectivity index (χ4n) is 3.12. The highest BCUT2D eigenvalue weighted by Crippen LogP contribution is 2.28. The molecular weight excluding hydrogens is 308 g/mol. The third-order valence-electron chi connectivity index (χ3n) is 4.72. The van der Waals surface area contributed by atoms with Gasteiger partial charge in [0, 0.05) is 31.3 Å². The minimum Gasteiger partial charge on any atom is -0.497 e. The minimum atomic E-state index is 0.0289. The molecule has 24 heavy (non-hydrogen) atoms. The second-order valence-corrected chi connectivity index (χ2v) is 6.45. The number of carbonyl (C=O) groups excluding carboxylic acids is 1. The van der Waals surface area contributed by atoms with Crippen LogP contribution >= 0.6 is 0 Å². The number of likely N-dealkylation sites (tertiary alicyclic amines) is 1. The van der Waals surface area contributed by atoms with E-state index in [9.17, 15) is 4.79 Å². The lowest BCUT2D eigenvalue weighted by molar-refractivity contribution is -0.139. The Balaban J connectivity index is 1.55. The number of hydrogen-bond acceptors (Lipinski definition) is 5. The van der Waals surface area contributed by atoms with Gasteiger partial charge in [0.25, 0.3) is 0 Å². The topological polar surface area (TPSA) is 51.2 Å². The van der Waals surface area contributed by atoms with Crippen LogP contribution in [0, 0.1) is 0 Å². The molecule has 1 saturated heterocycles. The first-order chi connectivity index (χ1) is 11.7. The molecule has 1 amide bonds. The summed E-state index contributed by atoms with van der Waals surface area (Å²) in [7, 11) is 3.75. The average Bonchev–Trinajstić information content (AvgIpc) is 2.82. The van der Waals surface area contributed by atoms with Gasteiger partial charge < -0.3 is 24.0 Å². The van der Waals surface area contributed by atoms with E-state index >= 15 is 0 Å². The van der Waals surface area contributed by atoms with Crippen molar-refractivity contribution in [2.24, 2.45) is 0 Å². The summed E-state index contributed by atoms with van der Waals surface area (Å²) in [5.74, 6) is 1.58. The molecule has 2 aliphatic rings. The maximum absolute atomic E-state index is 12.5. The summed E-state index contributed by atoms with van der Waals surface area (Å²) in [6.45, 7) is 3.83. The minimum absolute atomic E-state index is 0.0289. The zero-order valence-corrected chi connectivity index (χ0v) is 14.5. The van der Waals surface area contributed by atoms with E-state index in [1.165, 1.54) is 0 Å². The molecule has 132 valence electrons. The molecular formula is C18H26N2O4. The SMILES string of the molecule is COc1ccc2c(c1)OCCN(C(=O)COC1CCN(C)CC1)C2. The van der Waals surface area contributed by atoms with Crippen molar-refractivity contribution in [1.82, 2.24) is 9.80 Å². The van der Waals surface area contributed by atoms with Crippen molar-refractivity contribution in [3.05, 3.63) is 23.8 Å². The van der Waals surface area contributed by atoms with Crippen LogP contribution in [0.2, 0.25) is 0 Å². The van der Waals surface area contributed by atoms with Gasteiger partial charge in [-0.1, -0.05) is 0 Å². The van der Waals surface area contributed by atoms with Gasteiger partial charge in [0.2, 0.25) is 5.91 Å². The molecule has 0 spiro atoms. The van der Waals surface area contributed by atoms with Gasteiger partial charge in [0.05, 0.1) is 19.8 Å². The van der Waals surface area contributed by atoms with Crippen LogP contribution < -0.4 is 9.47 Å². The summed E-state index contributed by atoms with van der Waals surface area (Å²) in [6, 6.07) is 5.72. The summed E-state index contributed by atoms with van der Waals surface area (Å²) >= 11 is 0. The highest BCUT2D eigenvalue weighted by atomic mass is 16.5. The number of carbonyl (C=O) groups is 1. The number of methoxy groups -OCH3 is 1. The smallest absolute Gasteiger partial charge is 0.249 e. The van der Waals surface area contributed by atoms with Gasteiger partial charge in [-0.25, -0.2) is 0 Å². The van der Waals surface area contributed by atoms with Gasteiger partial charge in [-0.15, -0.1) is 0 Å². The van der Waals surface area contributed by atoms with Crippen molar-refractivity contribution in [3.8, 4) is 11.5 Å². The summed E-state index contributed by atoms with van der Waals surface area (Å²) in [6.07, 6.45) is 2.19. The Morgan fingerprint density at radius 2 is 2.08 bits per heavy atom. The molecule has 1 aromatic carbocycles. The van der Waals surface area contributed by atoms with Crippen molar-refractivity contribution < 1.29 is 19.0 Å². The van der Waals surface area contributed by atoms with E-state index < -0.39 is 0 Å². The predicted octanol–water partition coefficient (Wildman–Crippen LogP) is 1.53. The number of benzene rings is 1. The highest BCUT2D eigenvalue weighted by molar-refractivity contribution is 5.77. The van der Waals surface area contributed by atoms with Crippen molar-refractivity contribution >= 4 is 5.91 Å². The molecule has 0 N–H and O–H groups in total. The van der Waals surface area contributed by atoms with Crippen LogP contribution in [0.4, 0.5) is 0 Å². The van der Waals surface area contributed by atoms with Gasteiger partial charge in [0.1, 0.15) is 24.7 Å². The third kappa shape index (κ3) is 4.19. The Kier molecular flexibility index (Phi) is 5.58. The molecule has 0 aromatic heterocycles. The molecule has 6 nitrogen and oxygen atoms in total. The summed E-state index contributed by atoms with van der Waals surface area (Å²) in [4.78, 5) is 16.6. The van der Waals surface area contributed by atoms with Gasteiger partial charge >= 0.3 is 0 Å². The monoisotopic (exact) mass is 334 g/mol. The van der Waals surface area contributed by atoms with Crippen LogP contribution in [-0.4, -0.2) is 68.8 Å². The normalized spacial score (nSPS) is 19.3. The number of hydrogen-bond donors (Lipinski definition) is 0. The number of amides is 1. The van der Waals surface area contributed by atoms with Crippen LogP contribution in [0.15, 0.2) is 18.2 Å². The summed E-state index contributed by atoms with van der Waals surface area (Å²) in [5.41, 5.74) is 1.00. The molecule has 0 unspecified atom stereocenters. The molecule has 0 atom stereocenters. The predicted molar refractivity (Wildman–Crippen MR) is 90.4 cm³/mol. The molecule has 6 heteroatoms. The Morgan fingerprint density at radius 3 is 2.83 bits per heavy atom. The van der Waals surface area contributed by atoms with E-state index in [1.807, 2.05) is 23.1 Å². The molecule has 1 fully saturated rings. The van der Waals surface area contributed by atoms with E-state index in [0.29, 0.717) is 19.7 Å². The highest BCUT2D eigenvalue weighted by Gasteiger charge is 2.23. The Hall–Kier alpha value is -1.79. The van der Waals surface area contributed by atoms with E-state index in [2.05, 4.69) is 11.9 Å². The second-order valence-electron chi connectivity index (χ2n) is 6.45. The summed E-state index contributed by atoms with van der Waals surface area (Å²) in [5, 5.41) is 0. The van der Waals surface area contributed by atoms with Crippen LogP contribution in [0.25, 0.3) is 0 Å². The fraction of sp³-hybridized carbons (Fsp3) is 0.611. The van der Waals surface area contributed by atoms with Gasteiger partial charge in [0.15, 0.2) is 0 Å². The van der Waals surface area contributed by atoms with Crippen LogP contribution in [0.1, 0.15) is 18.4 Å². The Bertz CT molecular complexity index is 570. The number of nitrogens with zero attached hydrogens (tertiary/aromatic N) is 2. The first-order valence-electron chi connectivity index (χ1n) is 8.53. The molecule has 0 saturated carbocycles. The number of ether oxygens (including phenoxy) is 3. The van der Waals surface area contributed by atoms with E-state index in [0.717, 1.165) is 43.0 Å². The number of fused-ring (bicyclic) bond motifs is 1. The van der Waals surface area contributed by atoms with Crippen molar-refractivity contribution in [2.45, 2.75) is 25.5 Å². The van der Waals surface area contributed by atoms with Crippen molar-refractivity contribution in [2.75, 3.05) is 47.0 Å². The quantitative estimate of drug-likeness (QED) is 0.836. The van der Waals surface area contributed by atoms with E-state index in [1.54, 1.807) is 7.11 Å². The Labute approximate surface area is 143 Å². The number of piperidine rings is 1. The van der Waals surface area contributed by atoms with Gasteiger partial charge in [-0.2, -0.15) is 0 Å². The first-order valence-corrected chi connectivity index (χ1v) is 8.53. The van der Waals surface area contributed by atoms with Gasteiger partial charge in [-0.3, -0.25) is 4.79 Å². The Morgan fingerprint density at radius 1 is 1.29 bits per heavy atom. The molecule has 2 heterocycles. The molecule has 0 aliphatic carbocycles. The molecule has 0 bridgehead atoms. The van der Waals surface area contributed by atoms with E-state index in [4.69, 9.17) is 14.2 Å². The lowest BCUT2D eigenvalue weighted by Gasteiger charge is -2.29. The second kappa shape index (κ2) is 7.85. The average molecular weight is 334 g/mol. The standard InChI is InChI=1S/C18H26N2O4/c1-19-7-5-15(6-8-19)24-13-18(21)20-9-10-23-17-11-16(22-2)4-3-14(17)12-20/h3-4,11,15H,5-10,12-13H2,1-2H3. The molecule has 1 aromatic rings. The largest absolute Gasteiger partial charge is 0.497 e. The van der Waals surface area contributed by atoms with Crippen molar-refractivity contribution in [3.63, 3.8) is 0 Å². The van der Waals surface area contributed by atoms with Crippen LogP contribution in [0.5, 0.6) is 11.5 Å². The number of rotatable bonds is 4. The summed E-state index contributed by atoms with van der Waals surface area (Å²) < 4.78 is 16.8. The molecule has 0 radical (unpaired) electrons. The lowest BCUT2D eigenvalue weighted by Crippen LogP contribution is -2.39. The zero-order valence-electron chi connectivity index (χ0n) is 14.5. The molecule has 3 rings (SSSR count). The van der Waals surface area contributed by atoms with Crippen LogP contribution in [0.3, 0.4) is 0 Å². The van der Waals surface area contributed by atoms with Gasteiger partial charge in [-0.05, 0) is 32.0 Å². The fourth-order valence-corrected chi connectivity index (χ4v) is 3.12.